The first-order chi connectivity index (χ1) is 13.2. The number of carbonyl (C=O) groups is 2. The number of rotatable bonds is 9. The molecule has 0 saturated heterocycles. The number of aliphatic carboxylic acids is 1. The van der Waals surface area contributed by atoms with Crippen molar-refractivity contribution in [3.8, 4) is 5.75 Å². The van der Waals surface area contributed by atoms with Crippen LogP contribution in [0.4, 0.5) is 0 Å². The summed E-state index contributed by atoms with van der Waals surface area (Å²) in [5.41, 5.74) is 0.983. The van der Waals surface area contributed by atoms with E-state index in [0.29, 0.717) is 17.9 Å². The third kappa shape index (κ3) is 7.36. The van der Waals surface area contributed by atoms with Crippen LogP contribution in [0, 0.1) is 0 Å². The Balaban J connectivity index is 1.88. The Bertz CT molecular complexity index is 770. The molecule has 0 aliphatic heterocycles. The number of aromatic nitrogens is 1. The predicted octanol–water partition coefficient (Wildman–Crippen LogP) is 3.05. The highest BCUT2D eigenvalue weighted by Crippen LogP contribution is 2.15. The van der Waals surface area contributed by atoms with E-state index in [1.165, 1.54) is 0 Å². The molecular weight excluding hydrogens is 360 g/mol. The summed E-state index contributed by atoms with van der Waals surface area (Å²) in [4.78, 5) is 27.7. The molecule has 1 heterocycles. The molecule has 7 nitrogen and oxygen atoms in total. The van der Waals surface area contributed by atoms with E-state index in [4.69, 9.17) is 9.47 Å². The fourth-order valence-corrected chi connectivity index (χ4v) is 2.33. The van der Waals surface area contributed by atoms with Gasteiger partial charge in [0.1, 0.15) is 18.4 Å². The summed E-state index contributed by atoms with van der Waals surface area (Å²) in [5, 5.41) is 11.9. The Morgan fingerprint density at radius 2 is 1.75 bits per heavy atom. The van der Waals surface area contributed by atoms with Gasteiger partial charge in [0.05, 0.1) is 5.60 Å². The van der Waals surface area contributed by atoms with E-state index in [1.807, 2.05) is 32.9 Å². The third-order valence-corrected chi connectivity index (χ3v) is 3.82. The average molecular weight is 386 g/mol. The van der Waals surface area contributed by atoms with Crippen LogP contribution in [0.25, 0.3) is 0 Å². The number of hydrogen-bond donors (Lipinski definition) is 2. The minimum atomic E-state index is -1.09. The maximum absolute atomic E-state index is 12.3. The van der Waals surface area contributed by atoms with Gasteiger partial charge in [-0.2, -0.15) is 0 Å². The lowest BCUT2D eigenvalue weighted by Crippen LogP contribution is -2.42. The molecule has 2 rings (SSSR count). The van der Waals surface area contributed by atoms with Crippen molar-refractivity contribution in [3.63, 3.8) is 0 Å². The number of carbonyl (C=O) groups excluding carboxylic acids is 1. The lowest BCUT2D eigenvalue weighted by molar-refractivity contribution is -0.140. The van der Waals surface area contributed by atoms with E-state index in [1.54, 1.807) is 36.7 Å². The minimum absolute atomic E-state index is 0.186. The summed E-state index contributed by atoms with van der Waals surface area (Å²) in [6, 6.07) is 9.25. The van der Waals surface area contributed by atoms with E-state index in [2.05, 4.69) is 10.3 Å². The third-order valence-electron chi connectivity index (χ3n) is 3.82. The van der Waals surface area contributed by atoms with Gasteiger partial charge in [-0.25, -0.2) is 4.79 Å². The number of ether oxygens (including phenoxy) is 2. The van der Waals surface area contributed by atoms with Gasteiger partial charge in [0, 0.05) is 31.0 Å². The lowest BCUT2D eigenvalue weighted by atomic mass is 10.1. The Hall–Kier alpha value is -2.93. The molecule has 2 N–H and O–H groups in total. The Labute approximate surface area is 164 Å². The molecule has 0 aliphatic carbocycles. The Morgan fingerprint density at radius 3 is 2.32 bits per heavy atom. The molecule has 0 saturated carbocycles. The van der Waals surface area contributed by atoms with Gasteiger partial charge < -0.3 is 19.9 Å². The van der Waals surface area contributed by atoms with Crippen molar-refractivity contribution >= 4 is 11.9 Å². The highest BCUT2D eigenvalue weighted by atomic mass is 16.5. The zero-order valence-electron chi connectivity index (χ0n) is 16.3. The van der Waals surface area contributed by atoms with Crippen LogP contribution in [0.1, 0.15) is 43.1 Å². The number of carboxylic acids is 1. The molecule has 28 heavy (non-hydrogen) atoms. The first kappa shape index (κ1) is 21.4. The molecule has 0 radical (unpaired) electrons. The fourth-order valence-electron chi connectivity index (χ4n) is 2.33. The normalized spacial score (nSPS) is 12.2. The van der Waals surface area contributed by atoms with Crippen molar-refractivity contribution in [1.29, 1.82) is 0 Å². The van der Waals surface area contributed by atoms with Gasteiger partial charge in [-0.3, -0.25) is 9.78 Å². The van der Waals surface area contributed by atoms with Gasteiger partial charge in [-0.1, -0.05) is 0 Å². The highest BCUT2D eigenvalue weighted by molar-refractivity contribution is 5.96. The van der Waals surface area contributed by atoms with E-state index >= 15 is 0 Å². The van der Waals surface area contributed by atoms with Crippen LogP contribution in [0.2, 0.25) is 0 Å². The highest BCUT2D eigenvalue weighted by Gasteiger charge is 2.21. The van der Waals surface area contributed by atoms with E-state index < -0.39 is 17.9 Å². The summed E-state index contributed by atoms with van der Waals surface area (Å²) in [6.07, 6.45) is 3.57. The number of benzene rings is 1. The molecule has 1 aromatic carbocycles. The second-order valence-electron chi connectivity index (χ2n) is 7.28. The molecule has 1 unspecified atom stereocenters. The molecule has 1 aromatic heterocycles. The standard InChI is InChI=1S/C21H26N2O5/c1-21(2,3)28-13-10-18(20(25)26)23-19(24)16-4-6-17(7-5-16)27-14-15-8-11-22-12-9-15/h4-9,11-12,18H,10,13-14H2,1-3H3,(H,23,24)(H,25,26). The average Bonchev–Trinajstić information content (AvgIpc) is 2.65. The number of pyridine rings is 1. The molecule has 0 bridgehead atoms. The van der Waals surface area contributed by atoms with E-state index in [0.717, 1.165) is 5.56 Å². The van der Waals surface area contributed by atoms with E-state index in [9.17, 15) is 14.7 Å². The SMILES string of the molecule is CC(C)(C)OCCC(NC(=O)c1ccc(OCc2ccncc2)cc1)C(=O)O. The van der Waals surface area contributed by atoms with Gasteiger partial charge >= 0.3 is 5.97 Å². The van der Waals surface area contributed by atoms with Crippen molar-refractivity contribution in [1.82, 2.24) is 10.3 Å². The molecule has 150 valence electrons. The summed E-state index contributed by atoms with van der Waals surface area (Å²) in [5.74, 6) is -0.936. The number of nitrogens with zero attached hydrogens (tertiary/aromatic N) is 1. The maximum atomic E-state index is 12.3. The molecule has 0 spiro atoms. The number of amides is 1. The second-order valence-corrected chi connectivity index (χ2v) is 7.28. The van der Waals surface area contributed by atoms with Crippen molar-refractivity contribution < 1.29 is 24.2 Å². The first-order valence-electron chi connectivity index (χ1n) is 9.04. The van der Waals surface area contributed by atoms with Crippen LogP contribution >= 0.6 is 0 Å². The first-order valence-corrected chi connectivity index (χ1v) is 9.04. The number of carboxylic acid groups (broad SMARTS) is 1. The fraction of sp³-hybridized carbons (Fsp3) is 0.381. The summed E-state index contributed by atoms with van der Waals surface area (Å²) < 4.78 is 11.2. The van der Waals surface area contributed by atoms with Gasteiger partial charge in [0.25, 0.3) is 5.91 Å². The summed E-state index contributed by atoms with van der Waals surface area (Å²) >= 11 is 0. The minimum Gasteiger partial charge on any atom is -0.489 e. The van der Waals surface area contributed by atoms with Crippen molar-refractivity contribution in [2.45, 2.75) is 45.4 Å². The van der Waals surface area contributed by atoms with Crippen LogP contribution in [0.3, 0.4) is 0 Å². The smallest absolute Gasteiger partial charge is 0.326 e. The number of nitrogens with one attached hydrogen (secondary N) is 1. The summed E-state index contributed by atoms with van der Waals surface area (Å²) in [7, 11) is 0. The van der Waals surface area contributed by atoms with E-state index in [-0.39, 0.29) is 18.6 Å². The van der Waals surface area contributed by atoms with Crippen molar-refractivity contribution in [2.75, 3.05) is 6.61 Å². The molecule has 0 fully saturated rings. The van der Waals surface area contributed by atoms with Gasteiger partial charge in [0.2, 0.25) is 0 Å². The van der Waals surface area contributed by atoms with Crippen LogP contribution in [0.15, 0.2) is 48.8 Å². The second kappa shape index (κ2) is 9.85. The lowest BCUT2D eigenvalue weighted by Gasteiger charge is -2.21. The molecule has 1 amide bonds. The molecule has 0 aliphatic rings. The topological polar surface area (TPSA) is 97.8 Å². The van der Waals surface area contributed by atoms with Crippen LogP contribution in [-0.2, 0) is 16.1 Å². The van der Waals surface area contributed by atoms with Gasteiger partial charge in [-0.15, -0.1) is 0 Å². The van der Waals surface area contributed by atoms with Crippen LogP contribution < -0.4 is 10.1 Å². The molecular formula is C21H26N2O5. The monoisotopic (exact) mass is 386 g/mol. The van der Waals surface area contributed by atoms with Crippen molar-refractivity contribution in [3.05, 3.63) is 59.9 Å². The quantitative estimate of drug-likeness (QED) is 0.687. The van der Waals surface area contributed by atoms with Gasteiger partial charge in [0.15, 0.2) is 0 Å². The Morgan fingerprint density at radius 1 is 1.11 bits per heavy atom. The van der Waals surface area contributed by atoms with Crippen LogP contribution in [0.5, 0.6) is 5.75 Å². The van der Waals surface area contributed by atoms with Gasteiger partial charge in [-0.05, 0) is 62.7 Å². The zero-order valence-corrected chi connectivity index (χ0v) is 16.3. The maximum Gasteiger partial charge on any atom is 0.326 e. The molecule has 2 aromatic rings. The Kier molecular flexibility index (Phi) is 7.52. The zero-order chi connectivity index (χ0) is 20.6. The summed E-state index contributed by atoms with van der Waals surface area (Å²) in [6.45, 7) is 6.30. The predicted molar refractivity (Wildman–Crippen MR) is 104 cm³/mol. The van der Waals surface area contributed by atoms with Crippen LogP contribution in [-0.4, -0.2) is 40.2 Å². The molecule has 1 atom stereocenters. The largest absolute Gasteiger partial charge is 0.489 e. The molecule has 7 heteroatoms. The van der Waals surface area contributed by atoms with Crippen molar-refractivity contribution in [2.24, 2.45) is 0 Å². The number of hydrogen-bond acceptors (Lipinski definition) is 5.